The van der Waals surface area contributed by atoms with E-state index in [9.17, 15) is 13.2 Å². The second-order valence-corrected chi connectivity index (χ2v) is 3.23. The number of unbranched alkanes of at least 4 members (excludes halogenated alkanes) is 1. The second kappa shape index (κ2) is 7.06. The molecular formula is C9H17F3O2. The highest BCUT2D eigenvalue weighted by molar-refractivity contribution is 4.61. The predicted molar refractivity (Wildman–Crippen MR) is 47.0 cm³/mol. The van der Waals surface area contributed by atoms with E-state index >= 15 is 0 Å². The van der Waals surface area contributed by atoms with Crippen LogP contribution in [0.15, 0.2) is 0 Å². The Labute approximate surface area is 82.1 Å². The molecule has 0 spiro atoms. The summed E-state index contributed by atoms with van der Waals surface area (Å²) in [5, 5.41) is 8.94. The summed E-state index contributed by atoms with van der Waals surface area (Å²) in [6.45, 7) is 2.74. The zero-order valence-electron chi connectivity index (χ0n) is 8.31. The van der Waals surface area contributed by atoms with Gasteiger partial charge in [0.15, 0.2) is 0 Å². The predicted octanol–water partition coefficient (Wildman–Crippen LogP) is 2.51. The minimum absolute atomic E-state index is 0.0449. The molecule has 0 saturated heterocycles. The van der Waals surface area contributed by atoms with E-state index in [2.05, 4.69) is 0 Å². The topological polar surface area (TPSA) is 29.5 Å². The molecule has 1 N–H and O–H groups in total. The first-order chi connectivity index (χ1) is 6.45. The third-order valence-electron chi connectivity index (χ3n) is 1.70. The lowest BCUT2D eigenvalue weighted by Crippen LogP contribution is -2.20. The van der Waals surface area contributed by atoms with E-state index < -0.39 is 18.7 Å². The molecule has 0 fully saturated rings. The zero-order valence-corrected chi connectivity index (χ0v) is 8.31. The molecule has 0 aliphatic heterocycles. The van der Waals surface area contributed by atoms with Crippen molar-refractivity contribution in [2.45, 2.75) is 44.9 Å². The van der Waals surface area contributed by atoms with Gasteiger partial charge in [0.1, 0.15) is 0 Å². The van der Waals surface area contributed by atoms with Crippen LogP contribution in [0.4, 0.5) is 13.2 Å². The molecule has 1 atom stereocenters. The average Bonchev–Trinajstić information content (AvgIpc) is 2.00. The van der Waals surface area contributed by atoms with Gasteiger partial charge < -0.3 is 9.84 Å². The first kappa shape index (κ1) is 13.7. The van der Waals surface area contributed by atoms with Crippen LogP contribution in [0.1, 0.15) is 32.6 Å². The minimum Gasteiger partial charge on any atom is -0.393 e. The van der Waals surface area contributed by atoms with E-state index in [1.807, 2.05) is 6.92 Å². The summed E-state index contributed by atoms with van der Waals surface area (Å²) in [6.07, 6.45) is -4.84. The average molecular weight is 214 g/mol. The molecule has 14 heavy (non-hydrogen) atoms. The summed E-state index contributed by atoms with van der Waals surface area (Å²) in [7, 11) is 0. The maximum absolute atomic E-state index is 11.7. The number of rotatable bonds is 7. The van der Waals surface area contributed by atoms with Crippen LogP contribution in [-0.2, 0) is 4.74 Å². The normalized spacial score (nSPS) is 14.4. The van der Waals surface area contributed by atoms with Gasteiger partial charge in [-0.3, -0.25) is 0 Å². The van der Waals surface area contributed by atoms with E-state index in [1.165, 1.54) is 0 Å². The Balaban J connectivity index is 3.31. The van der Waals surface area contributed by atoms with Gasteiger partial charge >= 0.3 is 6.18 Å². The van der Waals surface area contributed by atoms with Gasteiger partial charge in [0.2, 0.25) is 0 Å². The summed E-state index contributed by atoms with van der Waals surface area (Å²) >= 11 is 0. The highest BCUT2D eigenvalue weighted by atomic mass is 19.4. The number of ether oxygens (including phenoxy) is 1. The van der Waals surface area contributed by atoms with Crippen molar-refractivity contribution in [1.82, 2.24) is 0 Å². The molecule has 86 valence electrons. The first-order valence-electron chi connectivity index (χ1n) is 4.78. The van der Waals surface area contributed by atoms with Gasteiger partial charge in [-0.2, -0.15) is 13.2 Å². The van der Waals surface area contributed by atoms with E-state index in [0.29, 0.717) is 6.61 Å². The lowest BCUT2D eigenvalue weighted by Gasteiger charge is -2.12. The maximum atomic E-state index is 11.7. The summed E-state index contributed by atoms with van der Waals surface area (Å²) in [5.74, 6) is 0. The van der Waals surface area contributed by atoms with Crippen molar-refractivity contribution < 1.29 is 23.0 Å². The van der Waals surface area contributed by atoms with Crippen LogP contribution in [0.3, 0.4) is 0 Å². The van der Waals surface area contributed by atoms with Crippen molar-refractivity contribution in [3.63, 3.8) is 0 Å². The van der Waals surface area contributed by atoms with Gasteiger partial charge in [-0.15, -0.1) is 0 Å². The van der Waals surface area contributed by atoms with Gasteiger partial charge in [-0.25, -0.2) is 0 Å². The van der Waals surface area contributed by atoms with E-state index in [1.54, 1.807) is 0 Å². The molecule has 0 aromatic rings. The van der Waals surface area contributed by atoms with Crippen LogP contribution in [-0.4, -0.2) is 30.6 Å². The van der Waals surface area contributed by atoms with Crippen LogP contribution < -0.4 is 0 Å². The van der Waals surface area contributed by atoms with Gasteiger partial charge in [-0.1, -0.05) is 13.3 Å². The molecule has 0 aromatic heterocycles. The lowest BCUT2D eigenvalue weighted by atomic mass is 10.2. The largest absolute Gasteiger partial charge is 0.393 e. The van der Waals surface area contributed by atoms with Crippen LogP contribution in [0.2, 0.25) is 0 Å². The van der Waals surface area contributed by atoms with Crippen molar-refractivity contribution in [3.8, 4) is 0 Å². The van der Waals surface area contributed by atoms with Gasteiger partial charge in [-0.05, 0) is 12.8 Å². The standard InChI is InChI=1S/C9H17F3O2/c1-2-3-5-14-6-4-8(13)7-9(10,11)12/h8,13H,2-7H2,1H3. The van der Waals surface area contributed by atoms with Crippen LogP contribution in [0, 0.1) is 0 Å². The first-order valence-corrected chi connectivity index (χ1v) is 4.78. The molecule has 5 heteroatoms. The molecule has 0 rings (SSSR count). The minimum atomic E-state index is -4.29. The molecule has 1 unspecified atom stereocenters. The Morgan fingerprint density at radius 2 is 1.93 bits per heavy atom. The molecule has 0 heterocycles. The summed E-state index contributed by atoms with van der Waals surface area (Å²) in [4.78, 5) is 0. The zero-order chi connectivity index (χ0) is 11.0. The Bertz CT molecular complexity index is 137. The SMILES string of the molecule is CCCCOCCC(O)CC(F)(F)F. The summed E-state index contributed by atoms with van der Waals surface area (Å²) in [5.41, 5.74) is 0. The number of aliphatic hydroxyl groups is 1. The fourth-order valence-corrected chi connectivity index (χ4v) is 0.937. The number of aliphatic hydroxyl groups excluding tert-OH is 1. The maximum Gasteiger partial charge on any atom is 0.391 e. The van der Waals surface area contributed by atoms with E-state index in [-0.39, 0.29) is 13.0 Å². The molecule has 0 radical (unpaired) electrons. The monoisotopic (exact) mass is 214 g/mol. The third-order valence-corrected chi connectivity index (χ3v) is 1.70. The molecule has 0 amide bonds. The van der Waals surface area contributed by atoms with Crippen molar-refractivity contribution in [2.24, 2.45) is 0 Å². The molecule has 0 bridgehead atoms. The number of alkyl halides is 3. The Hall–Kier alpha value is -0.290. The summed E-state index contributed by atoms with van der Waals surface area (Å²) < 4.78 is 40.2. The Morgan fingerprint density at radius 3 is 2.43 bits per heavy atom. The highest BCUT2D eigenvalue weighted by Gasteiger charge is 2.30. The van der Waals surface area contributed by atoms with Gasteiger partial charge in [0.25, 0.3) is 0 Å². The molecule has 0 aliphatic rings. The number of halogens is 3. The number of hydrogen-bond donors (Lipinski definition) is 1. The van der Waals surface area contributed by atoms with Crippen LogP contribution in [0.25, 0.3) is 0 Å². The van der Waals surface area contributed by atoms with Gasteiger partial charge in [0, 0.05) is 13.2 Å². The summed E-state index contributed by atoms with van der Waals surface area (Å²) in [6, 6.07) is 0. The van der Waals surface area contributed by atoms with Crippen molar-refractivity contribution in [2.75, 3.05) is 13.2 Å². The molecule has 0 aromatic carbocycles. The van der Waals surface area contributed by atoms with Crippen molar-refractivity contribution >= 4 is 0 Å². The second-order valence-electron chi connectivity index (χ2n) is 3.23. The van der Waals surface area contributed by atoms with Crippen molar-refractivity contribution in [3.05, 3.63) is 0 Å². The lowest BCUT2D eigenvalue weighted by molar-refractivity contribution is -0.155. The van der Waals surface area contributed by atoms with Gasteiger partial charge in [0.05, 0.1) is 12.5 Å². The molecule has 0 aliphatic carbocycles. The Kier molecular flexibility index (Phi) is 6.92. The van der Waals surface area contributed by atoms with Crippen molar-refractivity contribution in [1.29, 1.82) is 0 Å². The van der Waals surface area contributed by atoms with Crippen LogP contribution in [0.5, 0.6) is 0 Å². The molecular weight excluding hydrogens is 197 g/mol. The van der Waals surface area contributed by atoms with E-state index in [0.717, 1.165) is 12.8 Å². The fraction of sp³-hybridized carbons (Fsp3) is 1.00. The number of hydrogen-bond acceptors (Lipinski definition) is 2. The molecule has 0 saturated carbocycles. The van der Waals surface area contributed by atoms with Crippen LogP contribution >= 0.6 is 0 Å². The molecule has 2 nitrogen and oxygen atoms in total. The third kappa shape index (κ3) is 9.80. The highest BCUT2D eigenvalue weighted by Crippen LogP contribution is 2.22. The Morgan fingerprint density at radius 1 is 1.29 bits per heavy atom. The fourth-order valence-electron chi connectivity index (χ4n) is 0.937. The van der Waals surface area contributed by atoms with E-state index in [4.69, 9.17) is 9.84 Å². The quantitative estimate of drug-likeness (QED) is 0.660. The smallest absolute Gasteiger partial charge is 0.391 e.